The van der Waals surface area contributed by atoms with Crippen molar-refractivity contribution in [3.05, 3.63) is 35.9 Å². The first-order valence-electron chi connectivity index (χ1n) is 4.66. The van der Waals surface area contributed by atoms with Gasteiger partial charge < -0.3 is 4.74 Å². The summed E-state index contributed by atoms with van der Waals surface area (Å²) < 4.78 is 4.93. The smallest absolute Gasteiger partial charge is 0.321 e. The average Bonchev–Trinajstić information content (AvgIpc) is 2.28. The van der Waals surface area contributed by atoms with E-state index in [9.17, 15) is 4.79 Å². The summed E-state index contributed by atoms with van der Waals surface area (Å²) in [6.07, 6.45) is 0. The SMILES string of the molecule is CCOC(=O)[C@@H](Br)[C@@H](Br)c1ccccc1. The van der Waals surface area contributed by atoms with Crippen molar-refractivity contribution in [3.63, 3.8) is 0 Å². The zero-order valence-electron chi connectivity index (χ0n) is 8.32. The van der Waals surface area contributed by atoms with E-state index in [0.717, 1.165) is 5.56 Å². The van der Waals surface area contributed by atoms with Crippen LogP contribution < -0.4 is 0 Å². The fraction of sp³-hybridized carbons (Fsp3) is 0.364. The maximum absolute atomic E-state index is 11.5. The van der Waals surface area contributed by atoms with Crippen LogP contribution in [0.5, 0.6) is 0 Å². The third-order valence-corrected chi connectivity index (χ3v) is 4.56. The number of hydrogen-bond donors (Lipinski definition) is 0. The highest BCUT2D eigenvalue weighted by molar-refractivity contribution is 9.12. The Kier molecular flexibility index (Phi) is 5.32. The number of alkyl halides is 2. The van der Waals surface area contributed by atoms with E-state index in [2.05, 4.69) is 31.9 Å². The minimum absolute atomic E-state index is 0.0715. The first kappa shape index (κ1) is 12.7. The lowest BCUT2D eigenvalue weighted by atomic mass is 10.1. The van der Waals surface area contributed by atoms with Crippen molar-refractivity contribution in [2.45, 2.75) is 16.6 Å². The minimum atomic E-state index is -0.361. The standard InChI is InChI=1S/C11H12Br2O2/c1-2-15-11(14)10(13)9(12)8-6-4-3-5-7-8/h3-7,9-10H,2H2,1H3/t9-,10-/m0/s1. The molecule has 1 aromatic carbocycles. The lowest BCUT2D eigenvalue weighted by Crippen LogP contribution is -2.21. The number of halogens is 2. The lowest BCUT2D eigenvalue weighted by molar-refractivity contribution is -0.142. The Morgan fingerprint density at radius 3 is 2.47 bits per heavy atom. The summed E-state index contributed by atoms with van der Waals surface area (Å²) in [5.41, 5.74) is 1.05. The number of benzene rings is 1. The van der Waals surface area contributed by atoms with E-state index in [1.165, 1.54) is 0 Å². The van der Waals surface area contributed by atoms with Gasteiger partial charge in [-0.15, -0.1) is 0 Å². The molecule has 0 saturated carbocycles. The highest BCUT2D eigenvalue weighted by Crippen LogP contribution is 2.31. The summed E-state index contributed by atoms with van der Waals surface area (Å²) in [6.45, 7) is 2.19. The summed E-state index contributed by atoms with van der Waals surface area (Å²) in [4.78, 5) is 11.0. The molecule has 2 atom stereocenters. The number of carbonyl (C=O) groups is 1. The molecule has 15 heavy (non-hydrogen) atoms. The van der Waals surface area contributed by atoms with E-state index in [1.54, 1.807) is 6.92 Å². The van der Waals surface area contributed by atoms with Crippen LogP contribution >= 0.6 is 31.9 Å². The molecule has 0 aromatic heterocycles. The zero-order valence-corrected chi connectivity index (χ0v) is 11.5. The number of hydrogen-bond acceptors (Lipinski definition) is 2. The molecule has 1 aromatic rings. The third kappa shape index (κ3) is 3.61. The van der Waals surface area contributed by atoms with Gasteiger partial charge in [-0.05, 0) is 12.5 Å². The van der Waals surface area contributed by atoms with E-state index >= 15 is 0 Å². The van der Waals surface area contributed by atoms with Gasteiger partial charge in [0.1, 0.15) is 4.83 Å². The fourth-order valence-corrected chi connectivity index (χ4v) is 2.11. The zero-order chi connectivity index (χ0) is 11.3. The van der Waals surface area contributed by atoms with E-state index in [4.69, 9.17) is 4.74 Å². The molecule has 0 amide bonds. The monoisotopic (exact) mass is 334 g/mol. The van der Waals surface area contributed by atoms with Crippen LogP contribution in [-0.2, 0) is 9.53 Å². The molecule has 2 nitrogen and oxygen atoms in total. The van der Waals surface area contributed by atoms with Crippen LogP contribution in [0.3, 0.4) is 0 Å². The highest BCUT2D eigenvalue weighted by atomic mass is 79.9. The predicted molar refractivity (Wildman–Crippen MR) is 67.5 cm³/mol. The second kappa shape index (κ2) is 6.28. The summed E-state index contributed by atoms with van der Waals surface area (Å²) in [6, 6.07) is 9.75. The van der Waals surface area contributed by atoms with Crippen molar-refractivity contribution in [2.75, 3.05) is 6.61 Å². The van der Waals surface area contributed by atoms with Gasteiger partial charge in [0.25, 0.3) is 0 Å². The van der Waals surface area contributed by atoms with Crippen molar-refractivity contribution in [3.8, 4) is 0 Å². The van der Waals surface area contributed by atoms with Gasteiger partial charge in [-0.25, -0.2) is 0 Å². The van der Waals surface area contributed by atoms with E-state index in [-0.39, 0.29) is 15.6 Å². The molecule has 0 N–H and O–H groups in total. The largest absolute Gasteiger partial charge is 0.465 e. The molecule has 0 aliphatic rings. The van der Waals surface area contributed by atoms with Crippen LogP contribution in [0.25, 0.3) is 0 Å². The Balaban J connectivity index is 2.68. The molecule has 0 unspecified atom stereocenters. The Morgan fingerprint density at radius 2 is 1.93 bits per heavy atom. The first-order chi connectivity index (χ1) is 7.16. The van der Waals surface area contributed by atoms with Crippen molar-refractivity contribution in [1.82, 2.24) is 0 Å². The molecule has 0 saturated heterocycles. The molecule has 82 valence electrons. The molecule has 0 heterocycles. The maximum atomic E-state index is 11.5. The molecule has 0 radical (unpaired) electrons. The summed E-state index contributed by atoms with van der Waals surface area (Å²) in [5, 5.41) is 0. The maximum Gasteiger partial charge on any atom is 0.321 e. The lowest BCUT2D eigenvalue weighted by Gasteiger charge is -2.15. The van der Waals surface area contributed by atoms with Gasteiger partial charge in [0.05, 0.1) is 11.4 Å². The predicted octanol–water partition coefficient (Wildman–Crippen LogP) is 3.45. The van der Waals surface area contributed by atoms with Crippen LogP contribution in [-0.4, -0.2) is 17.4 Å². The van der Waals surface area contributed by atoms with Crippen molar-refractivity contribution in [2.24, 2.45) is 0 Å². The molecule has 4 heteroatoms. The molecule has 0 spiro atoms. The highest BCUT2D eigenvalue weighted by Gasteiger charge is 2.25. The minimum Gasteiger partial charge on any atom is -0.465 e. The number of rotatable bonds is 4. The fourth-order valence-electron chi connectivity index (χ4n) is 1.15. The van der Waals surface area contributed by atoms with Crippen LogP contribution in [0.2, 0.25) is 0 Å². The van der Waals surface area contributed by atoms with Crippen LogP contribution in [0.15, 0.2) is 30.3 Å². The van der Waals surface area contributed by atoms with Crippen LogP contribution in [0, 0.1) is 0 Å². The normalized spacial score (nSPS) is 14.3. The Bertz CT molecular complexity index is 314. The molecule has 1 rings (SSSR count). The van der Waals surface area contributed by atoms with E-state index in [1.807, 2.05) is 30.3 Å². The topological polar surface area (TPSA) is 26.3 Å². The van der Waals surface area contributed by atoms with E-state index in [0.29, 0.717) is 6.61 Å². The number of ether oxygens (including phenoxy) is 1. The van der Waals surface area contributed by atoms with Crippen LogP contribution in [0.1, 0.15) is 17.3 Å². The third-order valence-electron chi connectivity index (χ3n) is 1.89. The van der Waals surface area contributed by atoms with Gasteiger partial charge in [0.15, 0.2) is 0 Å². The summed E-state index contributed by atoms with van der Waals surface area (Å²) >= 11 is 6.80. The Labute approximate surface area is 106 Å². The van der Waals surface area contributed by atoms with Gasteiger partial charge in [-0.2, -0.15) is 0 Å². The van der Waals surface area contributed by atoms with E-state index < -0.39 is 0 Å². The van der Waals surface area contributed by atoms with Gasteiger partial charge in [0, 0.05) is 0 Å². The second-order valence-electron chi connectivity index (χ2n) is 2.97. The molecule has 0 fully saturated rings. The summed E-state index contributed by atoms with van der Waals surface area (Å²) in [5.74, 6) is -0.247. The molecular weight excluding hydrogens is 324 g/mol. The molecule has 0 bridgehead atoms. The van der Waals surface area contributed by atoms with Crippen molar-refractivity contribution >= 4 is 37.8 Å². The quantitative estimate of drug-likeness (QED) is 0.622. The van der Waals surface area contributed by atoms with Gasteiger partial charge >= 0.3 is 5.97 Å². The summed E-state index contributed by atoms with van der Waals surface area (Å²) in [7, 11) is 0. The molecule has 0 aliphatic carbocycles. The first-order valence-corrected chi connectivity index (χ1v) is 6.49. The number of esters is 1. The average molecular weight is 336 g/mol. The molecular formula is C11H12Br2O2. The molecule has 0 aliphatic heterocycles. The van der Waals surface area contributed by atoms with Gasteiger partial charge in [-0.3, -0.25) is 4.79 Å². The van der Waals surface area contributed by atoms with Crippen LogP contribution in [0.4, 0.5) is 0 Å². The van der Waals surface area contributed by atoms with Gasteiger partial charge in [-0.1, -0.05) is 62.2 Å². The Morgan fingerprint density at radius 1 is 1.33 bits per heavy atom. The van der Waals surface area contributed by atoms with Gasteiger partial charge in [0.2, 0.25) is 0 Å². The van der Waals surface area contributed by atoms with Crippen molar-refractivity contribution in [1.29, 1.82) is 0 Å². The number of carbonyl (C=O) groups excluding carboxylic acids is 1. The second-order valence-corrected chi connectivity index (χ2v) is 4.94. The van der Waals surface area contributed by atoms with Crippen molar-refractivity contribution < 1.29 is 9.53 Å². The Hall–Kier alpha value is -0.350.